The number of carboxylic acids is 1. The molecule has 0 aliphatic carbocycles. The summed E-state index contributed by atoms with van der Waals surface area (Å²) < 4.78 is 5.89. The van der Waals surface area contributed by atoms with Crippen LogP contribution in [0.5, 0.6) is 0 Å². The number of anilines is 1. The van der Waals surface area contributed by atoms with Crippen LogP contribution in [0.2, 0.25) is 0 Å². The Hall–Kier alpha value is -1.14. The summed E-state index contributed by atoms with van der Waals surface area (Å²) in [5.74, 6) is -0.450. The summed E-state index contributed by atoms with van der Waals surface area (Å²) in [5.41, 5.74) is 0.219. The number of ether oxygens (including phenoxy) is 1. The first kappa shape index (κ1) is 11.3. The molecular weight excluding hydrogens is 276 g/mol. The van der Waals surface area contributed by atoms with Crippen molar-refractivity contribution >= 4 is 27.7 Å². The fraction of sp³-hybridized carbons (Fsp3) is 0.400. The van der Waals surface area contributed by atoms with Gasteiger partial charge in [0, 0.05) is 23.8 Å². The molecule has 1 saturated heterocycles. The van der Waals surface area contributed by atoms with E-state index in [1.807, 2.05) is 4.90 Å². The van der Waals surface area contributed by atoms with Crippen LogP contribution in [0.15, 0.2) is 16.7 Å². The van der Waals surface area contributed by atoms with Gasteiger partial charge in [-0.25, -0.2) is 9.78 Å². The van der Waals surface area contributed by atoms with Gasteiger partial charge in [0.05, 0.1) is 13.2 Å². The summed E-state index contributed by atoms with van der Waals surface area (Å²) in [4.78, 5) is 17.2. The molecule has 1 aromatic rings. The maximum atomic E-state index is 11.1. The van der Waals surface area contributed by atoms with Crippen molar-refractivity contribution in [1.29, 1.82) is 0 Å². The van der Waals surface area contributed by atoms with Crippen molar-refractivity contribution in [2.45, 2.75) is 0 Å². The van der Waals surface area contributed by atoms with Crippen LogP contribution < -0.4 is 4.90 Å². The number of rotatable bonds is 2. The third-order valence-electron chi connectivity index (χ3n) is 2.37. The molecule has 0 saturated carbocycles. The van der Waals surface area contributed by atoms with Gasteiger partial charge >= 0.3 is 5.97 Å². The number of aromatic nitrogens is 1. The largest absolute Gasteiger partial charge is 0.478 e. The Bertz CT molecular complexity index is 405. The highest BCUT2D eigenvalue weighted by atomic mass is 79.9. The molecule has 0 aromatic carbocycles. The summed E-state index contributed by atoms with van der Waals surface area (Å²) in [7, 11) is 0. The molecule has 0 atom stereocenters. The first-order valence-electron chi connectivity index (χ1n) is 4.90. The minimum absolute atomic E-state index is 0.219. The first-order chi connectivity index (χ1) is 7.68. The van der Waals surface area contributed by atoms with E-state index in [1.54, 1.807) is 12.3 Å². The lowest BCUT2D eigenvalue weighted by Gasteiger charge is -2.28. The SMILES string of the molecule is O=C(O)c1cc(Br)cnc1N1CCOCC1. The third kappa shape index (κ3) is 2.33. The van der Waals surface area contributed by atoms with Gasteiger partial charge in [-0.2, -0.15) is 0 Å². The van der Waals surface area contributed by atoms with E-state index in [1.165, 1.54) is 0 Å². The Balaban J connectivity index is 2.34. The second-order valence-electron chi connectivity index (χ2n) is 3.43. The van der Waals surface area contributed by atoms with E-state index in [0.29, 0.717) is 36.6 Å². The molecule has 0 spiro atoms. The summed E-state index contributed by atoms with van der Waals surface area (Å²) in [5, 5.41) is 9.10. The van der Waals surface area contributed by atoms with E-state index in [9.17, 15) is 4.79 Å². The molecule has 1 aliphatic rings. The van der Waals surface area contributed by atoms with Crippen LogP contribution in [0, 0.1) is 0 Å². The molecule has 1 fully saturated rings. The van der Waals surface area contributed by atoms with Gasteiger partial charge in [-0.05, 0) is 22.0 Å². The van der Waals surface area contributed by atoms with Crippen molar-refractivity contribution in [2.75, 3.05) is 31.2 Å². The highest BCUT2D eigenvalue weighted by molar-refractivity contribution is 9.10. The smallest absolute Gasteiger partial charge is 0.339 e. The second-order valence-corrected chi connectivity index (χ2v) is 4.34. The number of nitrogens with zero attached hydrogens (tertiary/aromatic N) is 2. The van der Waals surface area contributed by atoms with Gasteiger partial charge in [0.15, 0.2) is 0 Å². The summed E-state index contributed by atoms with van der Waals surface area (Å²) in [6, 6.07) is 1.57. The predicted octanol–water partition coefficient (Wildman–Crippen LogP) is 1.38. The molecule has 0 amide bonds. The standard InChI is InChI=1S/C10H11BrN2O3/c11-7-5-8(10(14)15)9(12-6-7)13-1-3-16-4-2-13/h5-6H,1-4H2,(H,14,15). The molecule has 0 unspecified atom stereocenters. The van der Waals surface area contributed by atoms with E-state index in [2.05, 4.69) is 20.9 Å². The Kier molecular flexibility index (Phi) is 3.40. The summed E-state index contributed by atoms with van der Waals surface area (Å²) >= 11 is 3.22. The van der Waals surface area contributed by atoms with Gasteiger partial charge in [0.1, 0.15) is 11.4 Å². The van der Waals surface area contributed by atoms with Crippen LogP contribution >= 0.6 is 15.9 Å². The molecular formula is C10H11BrN2O3. The van der Waals surface area contributed by atoms with Gasteiger partial charge in [-0.1, -0.05) is 0 Å². The minimum atomic E-state index is -0.963. The van der Waals surface area contributed by atoms with Gasteiger partial charge in [0.2, 0.25) is 0 Å². The highest BCUT2D eigenvalue weighted by Gasteiger charge is 2.19. The van der Waals surface area contributed by atoms with Crippen molar-refractivity contribution in [3.05, 3.63) is 22.3 Å². The zero-order valence-electron chi connectivity index (χ0n) is 8.52. The molecule has 0 radical (unpaired) electrons. The second kappa shape index (κ2) is 4.80. The molecule has 5 nitrogen and oxygen atoms in total. The molecule has 1 N–H and O–H groups in total. The van der Waals surface area contributed by atoms with E-state index >= 15 is 0 Å². The number of morpholine rings is 1. The van der Waals surface area contributed by atoms with Crippen molar-refractivity contribution in [2.24, 2.45) is 0 Å². The lowest BCUT2D eigenvalue weighted by molar-refractivity contribution is 0.0695. The fourth-order valence-corrected chi connectivity index (χ4v) is 1.95. The van der Waals surface area contributed by atoms with Crippen molar-refractivity contribution in [3.8, 4) is 0 Å². The Morgan fingerprint density at radius 2 is 2.19 bits per heavy atom. The third-order valence-corrected chi connectivity index (χ3v) is 2.81. The molecule has 1 aromatic heterocycles. The molecule has 6 heteroatoms. The maximum Gasteiger partial charge on any atom is 0.339 e. The van der Waals surface area contributed by atoms with Crippen molar-refractivity contribution in [3.63, 3.8) is 0 Å². The van der Waals surface area contributed by atoms with Crippen LogP contribution in [-0.4, -0.2) is 42.4 Å². The molecule has 86 valence electrons. The number of carbonyl (C=O) groups is 1. The number of halogens is 1. The zero-order chi connectivity index (χ0) is 11.5. The van der Waals surface area contributed by atoms with Gasteiger partial charge in [-0.15, -0.1) is 0 Å². The first-order valence-corrected chi connectivity index (χ1v) is 5.69. The van der Waals surface area contributed by atoms with E-state index in [0.717, 1.165) is 0 Å². The highest BCUT2D eigenvalue weighted by Crippen LogP contribution is 2.22. The van der Waals surface area contributed by atoms with Crippen molar-refractivity contribution < 1.29 is 14.6 Å². The summed E-state index contributed by atoms with van der Waals surface area (Å²) in [6.07, 6.45) is 1.61. The maximum absolute atomic E-state index is 11.1. The van der Waals surface area contributed by atoms with E-state index in [-0.39, 0.29) is 5.56 Å². The normalized spacial score (nSPS) is 16.2. The van der Waals surface area contributed by atoms with Crippen LogP contribution in [0.25, 0.3) is 0 Å². The zero-order valence-corrected chi connectivity index (χ0v) is 10.1. The van der Waals surface area contributed by atoms with Crippen LogP contribution in [0.4, 0.5) is 5.82 Å². The number of pyridine rings is 1. The number of carboxylic acid groups (broad SMARTS) is 1. The Morgan fingerprint density at radius 1 is 1.50 bits per heavy atom. The predicted molar refractivity (Wildman–Crippen MR) is 61.9 cm³/mol. The molecule has 0 bridgehead atoms. The lowest BCUT2D eigenvalue weighted by atomic mass is 10.2. The van der Waals surface area contributed by atoms with Gasteiger partial charge < -0.3 is 14.7 Å². The van der Waals surface area contributed by atoms with Gasteiger partial charge in [-0.3, -0.25) is 0 Å². The molecule has 2 rings (SSSR count). The van der Waals surface area contributed by atoms with Crippen LogP contribution in [0.1, 0.15) is 10.4 Å². The number of hydrogen-bond donors (Lipinski definition) is 1. The number of hydrogen-bond acceptors (Lipinski definition) is 4. The minimum Gasteiger partial charge on any atom is -0.478 e. The van der Waals surface area contributed by atoms with E-state index in [4.69, 9.17) is 9.84 Å². The number of aromatic carboxylic acids is 1. The Morgan fingerprint density at radius 3 is 2.81 bits per heavy atom. The molecule has 1 aliphatic heterocycles. The monoisotopic (exact) mass is 286 g/mol. The average Bonchev–Trinajstić information content (AvgIpc) is 2.30. The van der Waals surface area contributed by atoms with Crippen LogP contribution in [-0.2, 0) is 4.74 Å². The van der Waals surface area contributed by atoms with Gasteiger partial charge in [0.25, 0.3) is 0 Å². The lowest BCUT2D eigenvalue weighted by Crippen LogP contribution is -2.37. The quantitative estimate of drug-likeness (QED) is 0.890. The molecule has 16 heavy (non-hydrogen) atoms. The molecule has 2 heterocycles. The van der Waals surface area contributed by atoms with Crippen LogP contribution in [0.3, 0.4) is 0 Å². The Labute approximate surface area is 101 Å². The average molecular weight is 287 g/mol. The van der Waals surface area contributed by atoms with E-state index < -0.39 is 5.97 Å². The van der Waals surface area contributed by atoms with Crippen molar-refractivity contribution in [1.82, 2.24) is 4.98 Å². The summed E-state index contributed by atoms with van der Waals surface area (Å²) in [6.45, 7) is 2.57. The topological polar surface area (TPSA) is 62.7 Å². The fourth-order valence-electron chi connectivity index (χ4n) is 1.62.